The van der Waals surface area contributed by atoms with Crippen molar-refractivity contribution in [3.05, 3.63) is 99.6 Å². The molecule has 0 aromatic heterocycles. The molecule has 5 nitrogen and oxygen atoms in total. The number of aromatic carboxylic acids is 1. The number of carboxylic acids is 1. The van der Waals surface area contributed by atoms with E-state index in [1.54, 1.807) is 18.2 Å². The van der Waals surface area contributed by atoms with Crippen molar-refractivity contribution in [2.45, 2.75) is 43.7 Å². The minimum atomic E-state index is -0.982. The van der Waals surface area contributed by atoms with Crippen molar-refractivity contribution in [1.29, 1.82) is 0 Å². The van der Waals surface area contributed by atoms with Gasteiger partial charge in [-0.1, -0.05) is 48.0 Å². The van der Waals surface area contributed by atoms with Crippen LogP contribution in [0.5, 0.6) is 5.75 Å². The molecule has 0 spiro atoms. The number of fused-ring (bicyclic) bond motifs is 2. The Balaban J connectivity index is 1.45. The molecule has 1 heterocycles. The van der Waals surface area contributed by atoms with Crippen molar-refractivity contribution < 1.29 is 19.4 Å². The number of nitrogens with one attached hydrogen (secondary N) is 1. The number of hydrogen-bond donors (Lipinski definition) is 2. The molecule has 3 aromatic rings. The van der Waals surface area contributed by atoms with Crippen molar-refractivity contribution in [1.82, 2.24) is 5.32 Å². The van der Waals surface area contributed by atoms with Crippen LogP contribution >= 0.6 is 11.6 Å². The Bertz CT molecular complexity index is 1260. The summed E-state index contributed by atoms with van der Waals surface area (Å²) in [6, 6.07) is 20.0. The summed E-state index contributed by atoms with van der Waals surface area (Å²) in [7, 11) is 0. The van der Waals surface area contributed by atoms with Gasteiger partial charge in [0, 0.05) is 17.0 Å². The minimum absolute atomic E-state index is 0.0387. The quantitative estimate of drug-likeness (QED) is 0.528. The first-order valence-electron chi connectivity index (χ1n) is 11.0. The monoisotopic (exact) mass is 461 g/mol. The average Bonchev–Trinajstić information content (AvgIpc) is 3.16. The van der Waals surface area contributed by atoms with Crippen LogP contribution in [0.3, 0.4) is 0 Å². The number of rotatable bonds is 4. The Labute approximate surface area is 197 Å². The third-order valence-corrected chi connectivity index (χ3v) is 7.12. The number of ether oxygens (including phenoxy) is 1. The third kappa shape index (κ3) is 3.87. The van der Waals surface area contributed by atoms with Gasteiger partial charge in [-0.05, 0) is 66.8 Å². The van der Waals surface area contributed by atoms with Crippen molar-refractivity contribution in [2.24, 2.45) is 0 Å². The molecule has 0 saturated heterocycles. The fraction of sp³-hybridized carbons (Fsp3) is 0.259. The summed E-state index contributed by atoms with van der Waals surface area (Å²) in [5.41, 5.74) is 3.39. The summed E-state index contributed by atoms with van der Waals surface area (Å²) in [5.74, 6) is -0.326. The number of aryl methyl sites for hydroxylation is 1. The molecule has 33 heavy (non-hydrogen) atoms. The van der Waals surface area contributed by atoms with Gasteiger partial charge < -0.3 is 15.2 Å². The lowest BCUT2D eigenvalue weighted by molar-refractivity contribution is -0.127. The van der Waals surface area contributed by atoms with Crippen molar-refractivity contribution in [2.75, 3.05) is 0 Å². The molecule has 1 aliphatic heterocycles. The van der Waals surface area contributed by atoms with E-state index in [0.717, 1.165) is 35.1 Å². The highest BCUT2D eigenvalue weighted by Gasteiger charge is 2.43. The molecular weight excluding hydrogens is 438 g/mol. The van der Waals surface area contributed by atoms with Crippen LogP contribution in [-0.2, 0) is 16.6 Å². The molecule has 0 unspecified atom stereocenters. The molecule has 2 aliphatic rings. The number of halogens is 1. The second kappa shape index (κ2) is 8.23. The third-order valence-electron chi connectivity index (χ3n) is 6.89. The van der Waals surface area contributed by atoms with E-state index in [0.29, 0.717) is 17.2 Å². The molecule has 0 bridgehead atoms. The highest BCUT2D eigenvalue weighted by molar-refractivity contribution is 6.30. The number of para-hydroxylation sites is 1. The van der Waals surface area contributed by atoms with E-state index in [1.165, 1.54) is 0 Å². The lowest BCUT2D eigenvalue weighted by Crippen LogP contribution is -2.44. The van der Waals surface area contributed by atoms with Crippen LogP contribution in [0.2, 0.25) is 5.02 Å². The lowest BCUT2D eigenvalue weighted by atomic mass is 9.82. The normalized spacial score (nSPS) is 23.2. The van der Waals surface area contributed by atoms with Crippen LogP contribution in [0, 0.1) is 0 Å². The lowest BCUT2D eigenvalue weighted by Gasteiger charge is -2.35. The molecular formula is C27H24ClNO4. The summed E-state index contributed by atoms with van der Waals surface area (Å²) in [5, 5.41) is 13.3. The van der Waals surface area contributed by atoms with E-state index in [1.807, 2.05) is 55.5 Å². The van der Waals surface area contributed by atoms with Crippen LogP contribution in [-0.4, -0.2) is 17.0 Å². The Hall–Kier alpha value is -3.31. The molecule has 3 atom stereocenters. The first kappa shape index (κ1) is 21.5. The van der Waals surface area contributed by atoms with E-state index in [2.05, 4.69) is 5.32 Å². The second-order valence-corrected chi connectivity index (χ2v) is 9.41. The Kier molecular flexibility index (Phi) is 5.37. The van der Waals surface area contributed by atoms with Gasteiger partial charge in [-0.2, -0.15) is 0 Å². The maximum Gasteiger partial charge on any atom is 0.335 e. The molecule has 0 fully saturated rings. The maximum absolute atomic E-state index is 13.6. The SMILES string of the molecule is C[C@@]1(C(=O)N[C@@H]2C[C@H](c3cccc(C(=O)O)c3)Oc3ccccc32)CCc2ccc(Cl)cc21. The van der Waals surface area contributed by atoms with E-state index < -0.39 is 11.4 Å². The Morgan fingerprint density at radius 2 is 1.91 bits per heavy atom. The predicted molar refractivity (Wildman–Crippen MR) is 126 cm³/mol. The van der Waals surface area contributed by atoms with Crippen LogP contribution in [0.25, 0.3) is 0 Å². The molecule has 6 heteroatoms. The molecule has 3 aromatic carbocycles. The van der Waals surface area contributed by atoms with Gasteiger partial charge >= 0.3 is 5.97 Å². The number of carbonyl (C=O) groups is 2. The van der Waals surface area contributed by atoms with Crippen molar-refractivity contribution >= 4 is 23.5 Å². The van der Waals surface area contributed by atoms with Gasteiger partial charge in [0.05, 0.1) is 17.0 Å². The fourth-order valence-electron chi connectivity index (χ4n) is 4.98. The van der Waals surface area contributed by atoms with Gasteiger partial charge in [-0.3, -0.25) is 4.79 Å². The van der Waals surface area contributed by atoms with Crippen LogP contribution in [0.15, 0.2) is 66.7 Å². The average molecular weight is 462 g/mol. The van der Waals surface area contributed by atoms with Gasteiger partial charge in [0.1, 0.15) is 11.9 Å². The molecule has 0 saturated carbocycles. The summed E-state index contributed by atoms with van der Waals surface area (Å²) < 4.78 is 6.23. The van der Waals surface area contributed by atoms with Gasteiger partial charge in [0.25, 0.3) is 0 Å². The molecule has 1 amide bonds. The smallest absolute Gasteiger partial charge is 0.335 e. The van der Waals surface area contributed by atoms with Crippen LogP contribution in [0.4, 0.5) is 0 Å². The number of carbonyl (C=O) groups excluding carboxylic acids is 1. The summed E-state index contributed by atoms with van der Waals surface area (Å²) in [6.45, 7) is 1.98. The van der Waals surface area contributed by atoms with Gasteiger partial charge in [-0.15, -0.1) is 0 Å². The number of benzene rings is 3. The zero-order chi connectivity index (χ0) is 23.2. The molecule has 168 valence electrons. The van der Waals surface area contributed by atoms with Crippen molar-refractivity contribution in [3.63, 3.8) is 0 Å². The number of carboxylic acid groups (broad SMARTS) is 1. The molecule has 5 rings (SSSR count). The maximum atomic E-state index is 13.6. The van der Waals surface area contributed by atoms with Crippen molar-refractivity contribution in [3.8, 4) is 5.75 Å². The van der Waals surface area contributed by atoms with Gasteiger partial charge in [0.15, 0.2) is 0 Å². The molecule has 2 N–H and O–H groups in total. The Morgan fingerprint density at radius 3 is 2.73 bits per heavy atom. The number of amides is 1. The second-order valence-electron chi connectivity index (χ2n) is 8.97. The first-order chi connectivity index (χ1) is 15.8. The first-order valence-corrected chi connectivity index (χ1v) is 11.4. The topological polar surface area (TPSA) is 75.6 Å². The number of hydrogen-bond acceptors (Lipinski definition) is 3. The summed E-state index contributed by atoms with van der Waals surface area (Å²) in [4.78, 5) is 25.1. The highest BCUT2D eigenvalue weighted by atomic mass is 35.5. The summed E-state index contributed by atoms with van der Waals surface area (Å²) in [6.07, 6.45) is 1.70. The van der Waals surface area contributed by atoms with Crippen LogP contribution < -0.4 is 10.1 Å². The van der Waals surface area contributed by atoms with Gasteiger partial charge in [0.2, 0.25) is 5.91 Å². The van der Waals surface area contributed by atoms with Crippen LogP contribution in [0.1, 0.15) is 64.5 Å². The molecule has 1 aliphatic carbocycles. The standard InChI is InChI=1S/C27H24ClNO4/c1-27(12-11-16-9-10-19(28)14-21(16)27)26(32)29-22-15-24(33-23-8-3-2-7-20(22)23)17-5-4-6-18(13-17)25(30)31/h2-10,13-14,22,24H,11-12,15H2,1H3,(H,29,32)(H,30,31)/t22-,24-,27-/m1/s1. The Morgan fingerprint density at radius 1 is 1.09 bits per heavy atom. The van der Waals surface area contributed by atoms with E-state index >= 15 is 0 Å². The van der Waals surface area contributed by atoms with E-state index in [9.17, 15) is 14.7 Å². The predicted octanol–water partition coefficient (Wildman–Crippen LogP) is 5.62. The zero-order valence-electron chi connectivity index (χ0n) is 18.2. The zero-order valence-corrected chi connectivity index (χ0v) is 18.9. The summed E-state index contributed by atoms with van der Waals surface area (Å²) >= 11 is 6.25. The highest BCUT2D eigenvalue weighted by Crippen LogP contribution is 2.44. The fourth-order valence-corrected chi connectivity index (χ4v) is 5.16. The molecule has 0 radical (unpaired) electrons. The minimum Gasteiger partial charge on any atom is -0.485 e. The van der Waals surface area contributed by atoms with E-state index in [-0.39, 0.29) is 23.6 Å². The van der Waals surface area contributed by atoms with E-state index in [4.69, 9.17) is 16.3 Å². The largest absolute Gasteiger partial charge is 0.485 e. The van der Waals surface area contributed by atoms with Gasteiger partial charge in [-0.25, -0.2) is 4.79 Å².